The highest BCUT2D eigenvalue weighted by molar-refractivity contribution is 6.10. The van der Waals surface area contributed by atoms with Crippen LogP contribution in [0.25, 0.3) is 0 Å². The average Bonchev–Trinajstić information content (AvgIpc) is 3.45. The molecule has 2 aromatic rings. The largest absolute Gasteiger partial charge is 0.406 e. The molecule has 0 aromatic heterocycles. The Labute approximate surface area is 226 Å². The van der Waals surface area contributed by atoms with Gasteiger partial charge in [-0.05, 0) is 66.5 Å². The molecule has 12 heteroatoms. The van der Waals surface area contributed by atoms with Crippen molar-refractivity contribution in [1.82, 2.24) is 15.1 Å². The van der Waals surface area contributed by atoms with E-state index in [9.17, 15) is 37.1 Å². The number of anilines is 1. The zero-order chi connectivity index (χ0) is 28.4. The molecule has 2 aromatic carbocycles. The molecule has 9 nitrogen and oxygen atoms in total. The number of carbonyl (C=O) groups excluding carboxylic acids is 5. The Kier molecular flexibility index (Phi) is 5.79. The number of imide groups is 2. The van der Waals surface area contributed by atoms with Crippen LogP contribution < -0.4 is 10.6 Å². The molecule has 2 aliphatic carbocycles. The van der Waals surface area contributed by atoms with E-state index in [2.05, 4.69) is 10.6 Å². The smallest absolute Gasteiger partial charge is 0.325 e. The van der Waals surface area contributed by atoms with Gasteiger partial charge >= 0.3 is 12.2 Å². The Morgan fingerprint density at radius 2 is 1.73 bits per heavy atom. The number of urea groups is 1. The van der Waals surface area contributed by atoms with Gasteiger partial charge in [-0.2, -0.15) is 13.2 Å². The zero-order valence-electron chi connectivity index (χ0n) is 21.3. The van der Waals surface area contributed by atoms with E-state index in [0.29, 0.717) is 36.9 Å². The van der Waals surface area contributed by atoms with Crippen molar-refractivity contribution in [3.05, 3.63) is 64.7 Å². The van der Waals surface area contributed by atoms with Gasteiger partial charge in [-0.3, -0.25) is 34.3 Å². The normalized spacial score (nSPS) is 25.6. The van der Waals surface area contributed by atoms with Gasteiger partial charge in [0, 0.05) is 12.1 Å². The number of hydrogen-bond acceptors (Lipinski definition) is 5. The first-order valence-corrected chi connectivity index (χ1v) is 13.0. The molecule has 2 atom stereocenters. The molecule has 6 rings (SSSR count). The van der Waals surface area contributed by atoms with Gasteiger partial charge in [0.1, 0.15) is 18.6 Å². The summed E-state index contributed by atoms with van der Waals surface area (Å²) in [5.41, 5.74) is 0.677. The second kappa shape index (κ2) is 8.90. The number of halogens is 3. The summed E-state index contributed by atoms with van der Waals surface area (Å²) in [4.78, 5) is 65.4. The topological polar surface area (TPSA) is 116 Å². The fraction of sp³-hybridized carbons (Fsp3) is 0.393. The second-order valence-corrected chi connectivity index (χ2v) is 11.0. The summed E-state index contributed by atoms with van der Waals surface area (Å²) in [7, 11) is 0. The van der Waals surface area contributed by atoms with E-state index in [1.54, 1.807) is 42.5 Å². The number of amides is 6. The highest BCUT2D eigenvalue weighted by atomic mass is 19.4. The van der Waals surface area contributed by atoms with Crippen LogP contribution in [0.2, 0.25) is 0 Å². The van der Waals surface area contributed by atoms with E-state index in [0.717, 1.165) is 21.6 Å². The lowest BCUT2D eigenvalue weighted by Gasteiger charge is -2.39. The lowest BCUT2D eigenvalue weighted by Crippen LogP contribution is -2.51. The van der Waals surface area contributed by atoms with Crippen molar-refractivity contribution >= 4 is 35.3 Å². The summed E-state index contributed by atoms with van der Waals surface area (Å²) in [5.74, 6) is -2.31. The predicted molar refractivity (Wildman–Crippen MR) is 134 cm³/mol. The third-order valence-electron chi connectivity index (χ3n) is 8.39. The Morgan fingerprint density at radius 3 is 2.45 bits per heavy atom. The third kappa shape index (κ3) is 4.04. The van der Waals surface area contributed by atoms with E-state index in [1.807, 2.05) is 0 Å². The SMILES string of the molecule is O=C1CC2(Cc3ccc(NC(=O)CN4C(=O)N(CC(F)(F)F)C(=O)C45CCCc4ccccc45)cc3C2)C(=O)N1. The van der Waals surface area contributed by atoms with E-state index in [-0.39, 0.29) is 29.6 Å². The molecule has 40 heavy (non-hydrogen) atoms. The highest BCUT2D eigenvalue weighted by Gasteiger charge is 2.61. The first kappa shape index (κ1) is 26.0. The van der Waals surface area contributed by atoms with Gasteiger partial charge in [0.15, 0.2) is 0 Å². The molecule has 2 unspecified atom stereocenters. The average molecular weight is 555 g/mol. The van der Waals surface area contributed by atoms with Crippen molar-refractivity contribution in [3.63, 3.8) is 0 Å². The van der Waals surface area contributed by atoms with Crippen molar-refractivity contribution in [1.29, 1.82) is 0 Å². The Bertz CT molecular complexity index is 1490. The molecule has 4 aliphatic rings. The lowest BCUT2D eigenvalue weighted by molar-refractivity contribution is -0.155. The predicted octanol–water partition coefficient (Wildman–Crippen LogP) is 2.81. The summed E-state index contributed by atoms with van der Waals surface area (Å²) in [6, 6.07) is 10.7. The number of benzene rings is 2. The monoisotopic (exact) mass is 554 g/mol. The number of rotatable bonds is 4. The molecular formula is C28H25F3N4O5. The van der Waals surface area contributed by atoms with Gasteiger partial charge in [-0.25, -0.2) is 4.79 Å². The summed E-state index contributed by atoms with van der Waals surface area (Å²) < 4.78 is 40.1. The lowest BCUT2D eigenvalue weighted by atomic mass is 9.75. The molecule has 0 bridgehead atoms. The summed E-state index contributed by atoms with van der Waals surface area (Å²) in [6.07, 6.45) is -2.84. The number of alkyl halides is 3. The fourth-order valence-corrected chi connectivity index (χ4v) is 6.72. The molecule has 2 saturated heterocycles. The number of aryl methyl sites for hydroxylation is 1. The van der Waals surface area contributed by atoms with Crippen LogP contribution in [0.4, 0.5) is 23.7 Å². The number of fused-ring (bicyclic) bond motifs is 3. The van der Waals surface area contributed by atoms with Gasteiger partial charge in [-0.1, -0.05) is 30.3 Å². The van der Waals surface area contributed by atoms with E-state index < -0.39 is 48.1 Å². The summed E-state index contributed by atoms with van der Waals surface area (Å²) in [6.45, 7) is -2.37. The minimum Gasteiger partial charge on any atom is -0.325 e. The maximum absolute atomic E-state index is 13.6. The molecule has 2 aliphatic heterocycles. The van der Waals surface area contributed by atoms with Gasteiger partial charge in [-0.15, -0.1) is 0 Å². The maximum Gasteiger partial charge on any atom is 0.406 e. The van der Waals surface area contributed by atoms with Crippen LogP contribution in [-0.4, -0.2) is 58.7 Å². The Balaban J connectivity index is 1.27. The van der Waals surface area contributed by atoms with E-state index in [4.69, 9.17) is 0 Å². The standard InChI is InChI=1S/C28H25F3N4O5/c29-28(30,31)15-34-24(39)27(9-3-5-16-4-1-2-6-20(16)27)35(25(34)40)14-22(37)32-19-8-7-17-11-26(12-18(17)10-19)13-21(36)33-23(26)38/h1-2,4,6-8,10H,3,5,9,11-15H2,(H,32,37)(H,33,36,38). The molecule has 2 heterocycles. The third-order valence-corrected chi connectivity index (χ3v) is 8.39. The fourth-order valence-electron chi connectivity index (χ4n) is 6.72. The number of carbonyl (C=O) groups is 5. The molecule has 0 radical (unpaired) electrons. The van der Waals surface area contributed by atoms with Crippen molar-refractivity contribution in [2.45, 2.75) is 50.2 Å². The summed E-state index contributed by atoms with van der Waals surface area (Å²) >= 11 is 0. The van der Waals surface area contributed by atoms with Gasteiger partial charge < -0.3 is 5.32 Å². The molecular weight excluding hydrogens is 529 g/mol. The molecule has 0 saturated carbocycles. The molecule has 208 valence electrons. The molecule has 2 N–H and O–H groups in total. The van der Waals surface area contributed by atoms with Crippen LogP contribution in [0.5, 0.6) is 0 Å². The first-order valence-electron chi connectivity index (χ1n) is 13.0. The Hall–Kier alpha value is -4.22. The molecule has 2 fully saturated rings. The number of hydrogen-bond donors (Lipinski definition) is 2. The minimum absolute atomic E-state index is 0.0886. The van der Waals surface area contributed by atoms with Crippen LogP contribution in [0, 0.1) is 5.41 Å². The number of nitrogens with zero attached hydrogens (tertiary/aromatic N) is 2. The first-order chi connectivity index (χ1) is 18.9. The van der Waals surface area contributed by atoms with Crippen molar-refractivity contribution in [2.75, 3.05) is 18.4 Å². The van der Waals surface area contributed by atoms with Crippen molar-refractivity contribution in [3.8, 4) is 0 Å². The van der Waals surface area contributed by atoms with Gasteiger partial charge in [0.2, 0.25) is 17.7 Å². The van der Waals surface area contributed by atoms with Crippen LogP contribution in [-0.2, 0) is 44.0 Å². The second-order valence-electron chi connectivity index (χ2n) is 11.0. The van der Waals surface area contributed by atoms with Crippen LogP contribution in [0.3, 0.4) is 0 Å². The molecule has 6 amide bonds. The van der Waals surface area contributed by atoms with Crippen molar-refractivity contribution in [2.24, 2.45) is 5.41 Å². The number of nitrogens with one attached hydrogen (secondary N) is 2. The van der Waals surface area contributed by atoms with E-state index in [1.165, 1.54) is 0 Å². The quantitative estimate of drug-likeness (QED) is 0.446. The van der Waals surface area contributed by atoms with Crippen LogP contribution in [0.15, 0.2) is 42.5 Å². The Morgan fingerprint density at radius 1 is 0.975 bits per heavy atom. The zero-order valence-corrected chi connectivity index (χ0v) is 21.3. The van der Waals surface area contributed by atoms with Crippen molar-refractivity contribution < 1.29 is 37.1 Å². The van der Waals surface area contributed by atoms with Crippen LogP contribution >= 0.6 is 0 Å². The highest BCUT2D eigenvalue weighted by Crippen LogP contribution is 2.47. The summed E-state index contributed by atoms with van der Waals surface area (Å²) in [5, 5.41) is 5.03. The van der Waals surface area contributed by atoms with E-state index >= 15 is 0 Å². The van der Waals surface area contributed by atoms with Crippen LogP contribution in [0.1, 0.15) is 41.5 Å². The van der Waals surface area contributed by atoms with Gasteiger partial charge in [0.05, 0.1) is 5.41 Å². The van der Waals surface area contributed by atoms with Gasteiger partial charge in [0.25, 0.3) is 5.91 Å². The molecule has 2 spiro atoms. The maximum atomic E-state index is 13.6. The minimum atomic E-state index is -4.80.